The normalized spacial score (nSPS) is 16.8. The van der Waals surface area contributed by atoms with Crippen LogP contribution in [0.5, 0.6) is 0 Å². The predicted octanol–water partition coefficient (Wildman–Crippen LogP) is 1.94. The number of nitrogens with zero attached hydrogens (tertiary/aromatic N) is 2. The fourth-order valence-corrected chi connectivity index (χ4v) is 3.84. The molecule has 8 nitrogen and oxygen atoms in total. The third kappa shape index (κ3) is 4.58. The number of carbonyl (C=O) groups is 4. The van der Waals surface area contributed by atoms with Gasteiger partial charge < -0.3 is 14.6 Å². The fraction of sp³-hybridized carbons (Fsp3) is 0.304. The van der Waals surface area contributed by atoms with Crippen LogP contribution in [0.15, 0.2) is 53.2 Å². The molecule has 0 saturated carbocycles. The molecule has 2 aromatic rings. The molecule has 2 aliphatic rings. The number of carbonyl (C=O) groups excluding carboxylic acids is 4. The van der Waals surface area contributed by atoms with E-state index in [0.717, 1.165) is 17.7 Å². The van der Waals surface area contributed by atoms with Crippen LogP contribution in [-0.2, 0) is 9.59 Å². The van der Waals surface area contributed by atoms with Gasteiger partial charge in [-0.15, -0.1) is 0 Å². The van der Waals surface area contributed by atoms with E-state index in [1.54, 1.807) is 53.6 Å². The average molecular weight is 421 g/mol. The molecule has 0 aliphatic carbocycles. The summed E-state index contributed by atoms with van der Waals surface area (Å²) in [4.78, 5) is 52.0. The molecule has 1 saturated heterocycles. The van der Waals surface area contributed by atoms with Crippen LogP contribution >= 0.6 is 0 Å². The van der Waals surface area contributed by atoms with Crippen molar-refractivity contribution in [1.82, 2.24) is 15.1 Å². The van der Waals surface area contributed by atoms with Crippen molar-refractivity contribution in [2.75, 3.05) is 26.2 Å². The standard InChI is InChI=1S/C23H23N3O5/c27-20(15-26-22(29)18-5-1-2-6-19(18)23(26)30)24-14-16-9-11-25(12-10-16)21(28)8-7-17-4-3-13-31-17/h1-8,13,16H,9-12,14-15H2,(H,24,27)/b8-7+. The third-order valence-electron chi connectivity index (χ3n) is 5.63. The van der Waals surface area contributed by atoms with Gasteiger partial charge in [-0.1, -0.05) is 12.1 Å². The first-order chi connectivity index (χ1) is 15.0. The third-order valence-corrected chi connectivity index (χ3v) is 5.63. The van der Waals surface area contributed by atoms with Crippen LogP contribution in [0.4, 0.5) is 0 Å². The van der Waals surface area contributed by atoms with E-state index < -0.39 is 11.8 Å². The van der Waals surface area contributed by atoms with Crippen LogP contribution in [0.25, 0.3) is 6.08 Å². The maximum Gasteiger partial charge on any atom is 0.262 e. The Labute approximate surface area is 179 Å². The molecule has 2 aliphatic heterocycles. The minimum atomic E-state index is -0.440. The summed E-state index contributed by atoms with van der Waals surface area (Å²) in [5.41, 5.74) is 0.664. The van der Waals surface area contributed by atoms with Crippen molar-refractivity contribution in [3.63, 3.8) is 0 Å². The number of imide groups is 1. The Morgan fingerprint density at radius 2 is 1.71 bits per heavy atom. The first-order valence-electron chi connectivity index (χ1n) is 10.3. The molecule has 1 fully saturated rings. The molecule has 0 unspecified atom stereocenters. The number of nitrogens with one attached hydrogen (secondary N) is 1. The van der Waals surface area contributed by atoms with Gasteiger partial charge in [0.05, 0.1) is 17.4 Å². The molecule has 1 aromatic carbocycles. The van der Waals surface area contributed by atoms with Crippen molar-refractivity contribution >= 4 is 29.7 Å². The zero-order chi connectivity index (χ0) is 21.8. The topological polar surface area (TPSA) is 99.9 Å². The van der Waals surface area contributed by atoms with Crippen molar-refractivity contribution in [1.29, 1.82) is 0 Å². The van der Waals surface area contributed by atoms with Crippen molar-refractivity contribution in [2.24, 2.45) is 5.92 Å². The van der Waals surface area contributed by atoms with E-state index in [1.165, 1.54) is 6.08 Å². The van der Waals surface area contributed by atoms with Crippen LogP contribution in [0.2, 0.25) is 0 Å². The van der Waals surface area contributed by atoms with E-state index in [2.05, 4.69) is 5.32 Å². The molecule has 0 atom stereocenters. The van der Waals surface area contributed by atoms with Crippen LogP contribution in [0.1, 0.15) is 39.3 Å². The van der Waals surface area contributed by atoms with E-state index in [0.29, 0.717) is 36.5 Å². The number of benzene rings is 1. The number of fused-ring (bicyclic) bond motifs is 1. The molecule has 4 rings (SSSR count). The summed E-state index contributed by atoms with van der Waals surface area (Å²) in [5.74, 6) is -0.442. The summed E-state index contributed by atoms with van der Waals surface area (Å²) >= 11 is 0. The van der Waals surface area contributed by atoms with Crippen LogP contribution in [0, 0.1) is 5.92 Å². The molecule has 0 radical (unpaired) electrons. The number of piperidine rings is 1. The van der Waals surface area contributed by atoms with E-state index in [-0.39, 0.29) is 24.3 Å². The Morgan fingerprint density at radius 3 is 2.32 bits per heavy atom. The van der Waals surface area contributed by atoms with Gasteiger partial charge in [0, 0.05) is 25.7 Å². The monoisotopic (exact) mass is 421 g/mol. The highest BCUT2D eigenvalue weighted by molar-refractivity contribution is 6.22. The Balaban J connectivity index is 1.20. The Morgan fingerprint density at radius 1 is 1.03 bits per heavy atom. The molecule has 3 heterocycles. The van der Waals surface area contributed by atoms with Gasteiger partial charge in [-0.3, -0.25) is 24.1 Å². The highest BCUT2D eigenvalue weighted by Crippen LogP contribution is 2.22. The first kappa shape index (κ1) is 20.6. The zero-order valence-electron chi connectivity index (χ0n) is 17.0. The van der Waals surface area contributed by atoms with Crippen molar-refractivity contribution in [3.8, 4) is 0 Å². The maximum atomic E-state index is 12.4. The summed E-state index contributed by atoms with van der Waals surface area (Å²) < 4.78 is 5.18. The van der Waals surface area contributed by atoms with E-state index >= 15 is 0 Å². The minimum Gasteiger partial charge on any atom is -0.465 e. The fourth-order valence-electron chi connectivity index (χ4n) is 3.84. The van der Waals surface area contributed by atoms with E-state index in [4.69, 9.17) is 4.42 Å². The number of hydrogen-bond acceptors (Lipinski definition) is 5. The second-order valence-corrected chi connectivity index (χ2v) is 7.66. The van der Waals surface area contributed by atoms with Gasteiger partial charge in [-0.05, 0) is 49.1 Å². The molecule has 4 amide bonds. The largest absolute Gasteiger partial charge is 0.465 e. The average Bonchev–Trinajstić information content (AvgIpc) is 3.40. The lowest BCUT2D eigenvalue weighted by molar-refractivity contribution is -0.127. The number of rotatable bonds is 6. The van der Waals surface area contributed by atoms with Crippen molar-refractivity contribution < 1.29 is 23.6 Å². The lowest BCUT2D eigenvalue weighted by Gasteiger charge is -2.31. The number of hydrogen-bond donors (Lipinski definition) is 1. The highest BCUT2D eigenvalue weighted by atomic mass is 16.3. The smallest absolute Gasteiger partial charge is 0.262 e. The lowest BCUT2D eigenvalue weighted by Crippen LogP contribution is -2.44. The lowest BCUT2D eigenvalue weighted by atomic mass is 9.96. The van der Waals surface area contributed by atoms with Crippen LogP contribution in [-0.4, -0.2) is 59.6 Å². The number of likely N-dealkylation sites (tertiary alicyclic amines) is 1. The van der Waals surface area contributed by atoms with Crippen LogP contribution < -0.4 is 5.32 Å². The molecule has 0 bridgehead atoms. The molecule has 1 aromatic heterocycles. The summed E-state index contributed by atoms with van der Waals surface area (Å²) in [5, 5.41) is 2.82. The number of amides is 4. The second-order valence-electron chi connectivity index (χ2n) is 7.66. The van der Waals surface area contributed by atoms with Crippen molar-refractivity contribution in [2.45, 2.75) is 12.8 Å². The Bertz CT molecular complexity index is 985. The molecular weight excluding hydrogens is 398 g/mol. The van der Waals surface area contributed by atoms with E-state index in [9.17, 15) is 19.2 Å². The van der Waals surface area contributed by atoms with Crippen LogP contribution in [0.3, 0.4) is 0 Å². The molecule has 31 heavy (non-hydrogen) atoms. The molecule has 8 heteroatoms. The summed E-state index contributed by atoms with van der Waals surface area (Å²) in [6, 6.07) is 10.1. The minimum absolute atomic E-state index is 0.0653. The van der Waals surface area contributed by atoms with Gasteiger partial charge in [-0.2, -0.15) is 0 Å². The van der Waals surface area contributed by atoms with Gasteiger partial charge in [0.2, 0.25) is 11.8 Å². The SMILES string of the molecule is O=C(CN1C(=O)c2ccccc2C1=O)NCC1CCN(C(=O)/C=C/c2ccco2)CC1. The molecule has 160 valence electrons. The molecular formula is C23H23N3O5. The van der Waals surface area contributed by atoms with Gasteiger partial charge in [0.1, 0.15) is 12.3 Å². The Kier molecular flexibility index (Phi) is 5.97. The summed E-state index contributed by atoms with van der Waals surface area (Å²) in [6.45, 7) is 1.38. The zero-order valence-corrected chi connectivity index (χ0v) is 17.0. The second kappa shape index (κ2) is 8.99. The van der Waals surface area contributed by atoms with E-state index in [1.807, 2.05) is 0 Å². The summed E-state index contributed by atoms with van der Waals surface area (Å²) in [7, 11) is 0. The van der Waals surface area contributed by atoms with Crippen molar-refractivity contribution in [3.05, 3.63) is 65.6 Å². The molecule has 0 spiro atoms. The van der Waals surface area contributed by atoms with Gasteiger partial charge in [0.15, 0.2) is 0 Å². The number of furan rings is 1. The Hall–Kier alpha value is -3.68. The van der Waals surface area contributed by atoms with Gasteiger partial charge >= 0.3 is 0 Å². The highest BCUT2D eigenvalue weighted by Gasteiger charge is 2.36. The molecule has 1 N–H and O–H groups in total. The maximum absolute atomic E-state index is 12.4. The van der Waals surface area contributed by atoms with Gasteiger partial charge in [-0.25, -0.2) is 0 Å². The quantitative estimate of drug-likeness (QED) is 0.568. The summed E-state index contributed by atoms with van der Waals surface area (Å²) in [6.07, 6.45) is 6.25. The first-order valence-corrected chi connectivity index (χ1v) is 10.3. The van der Waals surface area contributed by atoms with Gasteiger partial charge in [0.25, 0.3) is 11.8 Å². The predicted molar refractivity (Wildman–Crippen MR) is 112 cm³/mol.